The van der Waals surface area contributed by atoms with Gasteiger partial charge in [0.25, 0.3) is 0 Å². The first-order valence-electron chi connectivity index (χ1n) is 10.5. The second-order valence-electron chi connectivity index (χ2n) is 6.93. The van der Waals surface area contributed by atoms with Gasteiger partial charge in [-0.2, -0.15) is 0 Å². The number of fused-ring (bicyclic) bond motifs is 1. The van der Waals surface area contributed by atoms with Crippen LogP contribution >= 0.6 is 11.6 Å². The van der Waals surface area contributed by atoms with Crippen LogP contribution < -0.4 is 11.0 Å². The quantitative estimate of drug-likeness (QED) is 0.362. The molecule has 0 amide bonds. The van der Waals surface area contributed by atoms with Gasteiger partial charge in [-0.25, -0.2) is 19.4 Å². The fraction of sp³-hybridized carbons (Fsp3) is 0.304. The number of esters is 2. The summed E-state index contributed by atoms with van der Waals surface area (Å²) in [5.74, 6) is -1.46. The highest BCUT2D eigenvalue weighted by Gasteiger charge is 2.32. The van der Waals surface area contributed by atoms with Crippen molar-refractivity contribution in [3.05, 3.63) is 58.0 Å². The molecule has 1 heterocycles. The van der Waals surface area contributed by atoms with E-state index in [4.69, 9.17) is 21.1 Å². The maximum Gasteiger partial charge on any atom is 0.355 e. The van der Waals surface area contributed by atoms with Crippen LogP contribution in [0.1, 0.15) is 20.8 Å². The van der Waals surface area contributed by atoms with E-state index in [1.807, 2.05) is 6.92 Å². The first-order valence-corrected chi connectivity index (χ1v) is 10.9. The molecule has 1 aromatic heterocycles. The lowest BCUT2D eigenvalue weighted by atomic mass is 10.1. The number of anilines is 1. The number of nitrogens with zero attached hydrogens (tertiary/aromatic N) is 2. The molecule has 2 N–H and O–H groups in total. The SMILES string of the molecule is CCOC(=O)C(=Nc1ccc2c(c1)[nH]c(=O)n2CC)C(Nc1ccc(Cl)cc1)C(=O)OCC. The monoisotopic (exact) mass is 472 g/mol. The molecule has 1 atom stereocenters. The molecule has 10 heteroatoms. The maximum absolute atomic E-state index is 12.8. The number of rotatable bonds is 9. The summed E-state index contributed by atoms with van der Waals surface area (Å²) in [5.41, 5.74) is 1.75. The highest BCUT2D eigenvalue weighted by Crippen LogP contribution is 2.21. The van der Waals surface area contributed by atoms with Crippen molar-refractivity contribution in [2.45, 2.75) is 33.4 Å². The van der Waals surface area contributed by atoms with Crippen LogP contribution in [-0.4, -0.2) is 46.5 Å². The minimum absolute atomic E-state index is 0.0973. The number of aromatic nitrogens is 2. The number of hydrogen-bond acceptors (Lipinski definition) is 7. The number of H-pyrrole nitrogens is 1. The number of benzene rings is 2. The molecular weight excluding hydrogens is 448 g/mol. The molecule has 3 rings (SSSR count). The van der Waals surface area contributed by atoms with E-state index in [1.54, 1.807) is 60.9 Å². The van der Waals surface area contributed by atoms with Crippen molar-refractivity contribution in [1.29, 1.82) is 0 Å². The summed E-state index contributed by atoms with van der Waals surface area (Å²) < 4.78 is 11.9. The van der Waals surface area contributed by atoms with Gasteiger partial charge in [-0.05, 0) is 63.2 Å². The predicted molar refractivity (Wildman–Crippen MR) is 127 cm³/mol. The van der Waals surface area contributed by atoms with E-state index in [0.29, 0.717) is 34.0 Å². The summed E-state index contributed by atoms with van der Waals surface area (Å²) in [4.78, 5) is 44.9. The number of aryl methyl sites for hydroxylation is 1. The van der Waals surface area contributed by atoms with E-state index >= 15 is 0 Å². The second-order valence-corrected chi connectivity index (χ2v) is 7.37. The standard InChI is InChI=1S/C23H25ClN4O5/c1-4-28-18-12-11-16(13-17(18)27-23(28)31)26-20(22(30)33-6-3)19(21(29)32-5-2)25-15-9-7-14(24)8-10-15/h7-13,19,25H,4-6H2,1-3H3,(H,27,31). The molecule has 0 fully saturated rings. The van der Waals surface area contributed by atoms with E-state index in [1.165, 1.54) is 0 Å². The van der Waals surface area contributed by atoms with Crippen LogP contribution in [0, 0.1) is 0 Å². The summed E-state index contributed by atoms with van der Waals surface area (Å²) in [5, 5.41) is 3.51. The Labute approximate surface area is 195 Å². The fourth-order valence-electron chi connectivity index (χ4n) is 3.28. The van der Waals surface area contributed by atoms with Crippen molar-refractivity contribution < 1.29 is 19.1 Å². The highest BCUT2D eigenvalue weighted by atomic mass is 35.5. The number of hydrogen-bond donors (Lipinski definition) is 2. The Morgan fingerprint density at radius 2 is 1.79 bits per heavy atom. The van der Waals surface area contributed by atoms with Crippen LogP contribution in [0.2, 0.25) is 5.02 Å². The average molecular weight is 473 g/mol. The molecule has 0 aliphatic heterocycles. The van der Waals surface area contributed by atoms with E-state index in [9.17, 15) is 14.4 Å². The van der Waals surface area contributed by atoms with Crippen LogP contribution in [0.5, 0.6) is 0 Å². The Hall–Kier alpha value is -3.59. The topological polar surface area (TPSA) is 115 Å². The lowest BCUT2D eigenvalue weighted by molar-refractivity contribution is -0.144. The van der Waals surface area contributed by atoms with Gasteiger partial charge >= 0.3 is 17.6 Å². The molecule has 2 aromatic carbocycles. The number of aliphatic imine (C=N–C) groups is 1. The van der Waals surface area contributed by atoms with Crippen molar-refractivity contribution in [3.63, 3.8) is 0 Å². The maximum atomic E-state index is 12.8. The Morgan fingerprint density at radius 3 is 2.42 bits per heavy atom. The van der Waals surface area contributed by atoms with Gasteiger partial charge < -0.3 is 19.8 Å². The first kappa shape index (κ1) is 24.1. The number of carbonyl (C=O) groups is 2. The van der Waals surface area contributed by atoms with Crippen molar-refractivity contribution in [3.8, 4) is 0 Å². The average Bonchev–Trinajstić information content (AvgIpc) is 3.11. The van der Waals surface area contributed by atoms with Crippen molar-refractivity contribution in [2.24, 2.45) is 4.99 Å². The molecule has 0 bridgehead atoms. The van der Waals surface area contributed by atoms with Crippen molar-refractivity contribution in [2.75, 3.05) is 18.5 Å². The number of aromatic amines is 1. The Morgan fingerprint density at radius 1 is 1.09 bits per heavy atom. The van der Waals surface area contributed by atoms with Crippen LogP contribution in [0.25, 0.3) is 11.0 Å². The van der Waals surface area contributed by atoms with Crippen molar-refractivity contribution >= 4 is 51.7 Å². The van der Waals surface area contributed by atoms with Gasteiger partial charge in [-0.3, -0.25) is 4.57 Å². The fourth-order valence-corrected chi connectivity index (χ4v) is 3.41. The summed E-state index contributed by atoms with van der Waals surface area (Å²) >= 11 is 5.95. The molecule has 0 spiro atoms. The molecule has 0 saturated heterocycles. The van der Waals surface area contributed by atoms with E-state index in [-0.39, 0.29) is 24.6 Å². The van der Waals surface area contributed by atoms with Gasteiger partial charge in [0.15, 0.2) is 11.8 Å². The van der Waals surface area contributed by atoms with Crippen LogP contribution in [-0.2, 0) is 25.6 Å². The lowest BCUT2D eigenvalue weighted by Gasteiger charge is -2.19. The molecule has 1 unspecified atom stereocenters. The second kappa shape index (κ2) is 10.8. The zero-order valence-electron chi connectivity index (χ0n) is 18.6. The molecule has 0 saturated carbocycles. The minimum Gasteiger partial charge on any atom is -0.464 e. The molecule has 0 radical (unpaired) electrons. The molecule has 0 aliphatic rings. The lowest BCUT2D eigenvalue weighted by Crippen LogP contribution is -2.43. The highest BCUT2D eigenvalue weighted by molar-refractivity contribution is 6.43. The molecule has 9 nitrogen and oxygen atoms in total. The molecule has 0 aliphatic carbocycles. The number of halogens is 1. The van der Waals surface area contributed by atoms with Crippen LogP contribution in [0.3, 0.4) is 0 Å². The van der Waals surface area contributed by atoms with Gasteiger partial charge in [0, 0.05) is 17.3 Å². The van der Waals surface area contributed by atoms with Gasteiger partial charge in [-0.1, -0.05) is 11.6 Å². The van der Waals surface area contributed by atoms with E-state index < -0.39 is 18.0 Å². The van der Waals surface area contributed by atoms with E-state index in [0.717, 1.165) is 0 Å². The van der Waals surface area contributed by atoms with Gasteiger partial charge in [0.2, 0.25) is 0 Å². The smallest absolute Gasteiger partial charge is 0.355 e. The third kappa shape index (κ3) is 5.61. The summed E-state index contributed by atoms with van der Waals surface area (Å²) in [7, 11) is 0. The largest absolute Gasteiger partial charge is 0.464 e. The Bertz CT molecular complexity index is 1230. The Balaban J connectivity index is 2.08. The number of carbonyl (C=O) groups excluding carboxylic acids is 2. The van der Waals surface area contributed by atoms with Crippen LogP contribution in [0.4, 0.5) is 11.4 Å². The molecule has 33 heavy (non-hydrogen) atoms. The minimum atomic E-state index is -1.24. The normalized spacial score (nSPS) is 12.4. The zero-order valence-corrected chi connectivity index (χ0v) is 19.3. The van der Waals surface area contributed by atoms with Gasteiger partial charge in [0.05, 0.1) is 29.9 Å². The first-order chi connectivity index (χ1) is 15.9. The van der Waals surface area contributed by atoms with E-state index in [2.05, 4.69) is 15.3 Å². The number of nitrogens with one attached hydrogen (secondary N) is 2. The molecule has 3 aromatic rings. The Kier molecular flexibility index (Phi) is 7.89. The summed E-state index contributed by atoms with van der Waals surface area (Å²) in [6.45, 7) is 5.91. The summed E-state index contributed by atoms with van der Waals surface area (Å²) in [6.07, 6.45) is 0. The summed E-state index contributed by atoms with van der Waals surface area (Å²) in [6, 6.07) is 10.4. The van der Waals surface area contributed by atoms with Crippen LogP contribution in [0.15, 0.2) is 52.3 Å². The van der Waals surface area contributed by atoms with Crippen molar-refractivity contribution in [1.82, 2.24) is 9.55 Å². The zero-order chi connectivity index (χ0) is 24.0. The molecular formula is C23H25ClN4O5. The predicted octanol–water partition coefficient (Wildman–Crippen LogP) is 3.68. The third-order valence-electron chi connectivity index (χ3n) is 4.76. The van der Waals surface area contributed by atoms with Gasteiger partial charge in [-0.15, -0.1) is 0 Å². The molecule has 174 valence electrons. The number of ether oxygens (including phenoxy) is 2. The van der Waals surface area contributed by atoms with Gasteiger partial charge in [0.1, 0.15) is 0 Å². The third-order valence-corrected chi connectivity index (χ3v) is 5.01. The number of imidazole rings is 1.